The van der Waals surface area contributed by atoms with Gasteiger partial charge in [0.15, 0.2) is 0 Å². The van der Waals surface area contributed by atoms with E-state index in [9.17, 15) is 0 Å². The van der Waals surface area contributed by atoms with Gasteiger partial charge in [0.25, 0.3) is 0 Å². The summed E-state index contributed by atoms with van der Waals surface area (Å²) in [5, 5.41) is 3.53. The van der Waals surface area contributed by atoms with Crippen molar-refractivity contribution in [3.63, 3.8) is 0 Å². The molecule has 118 valence electrons. The number of nitrogens with zero attached hydrogens (tertiary/aromatic N) is 2. The first-order chi connectivity index (χ1) is 10.0. The number of rotatable bonds is 5. The number of aromatic nitrogens is 1. The number of nitrogens with one attached hydrogen (secondary N) is 1. The normalized spacial score (nSPS) is 19.3. The topological polar surface area (TPSA) is 37.4 Å². The lowest BCUT2D eigenvalue weighted by Gasteiger charge is -2.34. The minimum atomic E-state index is 0.326. The van der Waals surface area contributed by atoms with Gasteiger partial charge in [0, 0.05) is 44.0 Å². The van der Waals surface area contributed by atoms with E-state index in [4.69, 9.17) is 9.72 Å². The number of hydrogen-bond acceptors (Lipinski definition) is 4. The molecule has 1 aromatic heterocycles. The summed E-state index contributed by atoms with van der Waals surface area (Å²) in [5.74, 6) is 1.14. The van der Waals surface area contributed by atoms with Gasteiger partial charge in [-0.1, -0.05) is 13.8 Å². The van der Waals surface area contributed by atoms with Crippen LogP contribution in [0.5, 0.6) is 0 Å². The molecule has 4 heteroatoms. The van der Waals surface area contributed by atoms with Crippen molar-refractivity contribution in [2.75, 3.05) is 25.1 Å². The van der Waals surface area contributed by atoms with E-state index in [1.807, 2.05) is 7.11 Å². The highest BCUT2D eigenvalue weighted by Gasteiger charge is 2.23. The van der Waals surface area contributed by atoms with E-state index in [1.54, 1.807) is 0 Å². The zero-order valence-corrected chi connectivity index (χ0v) is 14.1. The van der Waals surface area contributed by atoms with Crippen molar-refractivity contribution in [3.8, 4) is 0 Å². The summed E-state index contributed by atoms with van der Waals surface area (Å²) in [6.07, 6.45) is 2.65. The maximum Gasteiger partial charge on any atom is 0.133 e. The van der Waals surface area contributed by atoms with Crippen LogP contribution in [0.15, 0.2) is 6.07 Å². The number of pyridine rings is 1. The third kappa shape index (κ3) is 4.17. The number of hydrogen-bond donors (Lipinski definition) is 1. The lowest BCUT2D eigenvalue weighted by atomic mass is 10.0. The van der Waals surface area contributed by atoms with E-state index < -0.39 is 0 Å². The molecule has 0 radical (unpaired) electrons. The molecule has 1 aromatic rings. The van der Waals surface area contributed by atoms with Crippen LogP contribution in [0.3, 0.4) is 0 Å². The molecule has 0 aromatic carbocycles. The van der Waals surface area contributed by atoms with Crippen LogP contribution >= 0.6 is 0 Å². The molecule has 0 bridgehead atoms. The molecule has 1 aliphatic heterocycles. The summed E-state index contributed by atoms with van der Waals surface area (Å²) < 4.78 is 5.56. The quantitative estimate of drug-likeness (QED) is 0.905. The number of methoxy groups -OCH3 is 1. The van der Waals surface area contributed by atoms with Crippen LogP contribution in [0.25, 0.3) is 0 Å². The average molecular weight is 291 g/mol. The fourth-order valence-electron chi connectivity index (χ4n) is 2.95. The van der Waals surface area contributed by atoms with Gasteiger partial charge in [-0.05, 0) is 38.3 Å². The molecule has 21 heavy (non-hydrogen) atoms. The Morgan fingerprint density at radius 1 is 1.43 bits per heavy atom. The zero-order chi connectivity index (χ0) is 15.4. The van der Waals surface area contributed by atoms with Crippen LogP contribution in [0.1, 0.15) is 43.5 Å². The lowest BCUT2D eigenvalue weighted by molar-refractivity contribution is 0.0891. The highest BCUT2D eigenvalue weighted by molar-refractivity contribution is 5.52. The molecule has 1 unspecified atom stereocenters. The first-order valence-corrected chi connectivity index (χ1v) is 7.99. The Hall–Kier alpha value is -1.13. The van der Waals surface area contributed by atoms with E-state index in [-0.39, 0.29) is 0 Å². The van der Waals surface area contributed by atoms with Gasteiger partial charge in [0.2, 0.25) is 0 Å². The predicted octanol–water partition coefficient (Wildman–Crippen LogP) is 2.81. The average Bonchev–Trinajstić information content (AvgIpc) is 2.45. The molecule has 4 nitrogen and oxygen atoms in total. The highest BCUT2D eigenvalue weighted by atomic mass is 16.5. The first-order valence-electron chi connectivity index (χ1n) is 7.99. The Morgan fingerprint density at radius 2 is 2.19 bits per heavy atom. The van der Waals surface area contributed by atoms with Gasteiger partial charge in [0.05, 0.1) is 6.10 Å². The van der Waals surface area contributed by atoms with Crippen LogP contribution in [0, 0.1) is 13.8 Å². The molecule has 1 N–H and O–H groups in total. The number of ether oxygens (including phenoxy) is 1. The van der Waals surface area contributed by atoms with E-state index >= 15 is 0 Å². The number of anilines is 1. The Balaban J connectivity index is 2.27. The van der Waals surface area contributed by atoms with Crippen LogP contribution in [-0.2, 0) is 11.3 Å². The van der Waals surface area contributed by atoms with Gasteiger partial charge >= 0.3 is 0 Å². The maximum absolute atomic E-state index is 5.56. The third-order valence-electron chi connectivity index (χ3n) is 4.15. The lowest BCUT2D eigenvalue weighted by Crippen LogP contribution is -2.40. The summed E-state index contributed by atoms with van der Waals surface area (Å²) in [5.41, 5.74) is 3.74. The second kappa shape index (κ2) is 7.23. The van der Waals surface area contributed by atoms with E-state index in [0.717, 1.165) is 37.6 Å². The van der Waals surface area contributed by atoms with Crippen molar-refractivity contribution in [2.24, 2.45) is 0 Å². The summed E-state index contributed by atoms with van der Waals surface area (Å²) in [6.45, 7) is 11.5. The van der Waals surface area contributed by atoms with Gasteiger partial charge in [-0.25, -0.2) is 4.98 Å². The smallest absolute Gasteiger partial charge is 0.133 e. The zero-order valence-electron chi connectivity index (χ0n) is 14.1. The van der Waals surface area contributed by atoms with Crippen LogP contribution < -0.4 is 10.2 Å². The van der Waals surface area contributed by atoms with Crippen molar-refractivity contribution in [1.82, 2.24) is 10.3 Å². The predicted molar refractivity (Wildman–Crippen MR) is 87.9 cm³/mol. The number of aryl methyl sites for hydroxylation is 2. The van der Waals surface area contributed by atoms with Gasteiger partial charge in [-0.3, -0.25) is 0 Å². The standard InChI is InChI=1S/C17H29N3O/c1-12(2)18-10-16-13(3)9-14(4)19-17(16)20-8-6-7-15(11-20)21-5/h9,12,15,18H,6-8,10-11H2,1-5H3. The molecule has 2 rings (SSSR count). The largest absolute Gasteiger partial charge is 0.380 e. The molecule has 0 aliphatic carbocycles. The second-order valence-electron chi connectivity index (χ2n) is 6.36. The van der Waals surface area contributed by atoms with Crippen molar-refractivity contribution < 1.29 is 4.74 Å². The van der Waals surface area contributed by atoms with Crippen molar-refractivity contribution >= 4 is 5.82 Å². The van der Waals surface area contributed by atoms with Crippen LogP contribution in [0.2, 0.25) is 0 Å². The van der Waals surface area contributed by atoms with Gasteiger partial charge in [-0.2, -0.15) is 0 Å². The molecule has 0 amide bonds. The van der Waals surface area contributed by atoms with Gasteiger partial charge in [-0.15, -0.1) is 0 Å². The van der Waals surface area contributed by atoms with E-state index in [2.05, 4.69) is 44.0 Å². The first kappa shape index (κ1) is 16.2. The molecular weight excluding hydrogens is 262 g/mol. The fourth-order valence-corrected chi connectivity index (χ4v) is 2.95. The van der Waals surface area contributed by atoms with Crippen molar-refractivity contribution in [3.05, 3.63) is 22.9 Å². The van der Waals surface area contributed by atoms with Crippen LogP contribution in [0.4, 0.5) is 5.82 Å². The highest BCUT2D eigenvalue weighted by Crippen LogP contribution is 2.26. The van der Waals surface area contributed by atoms with E-state index in [0.29, 0.717) is 12.1 Å². The van der Waals surface area contributed by atoms with Crippen LogP contribution in [-0.4, -0.2) is 37.3 Å². The van der Waals surface area contributed by atoms with E-state index in [1.165, 1.54) is 17.5 Å². The molecule has 0 spiro atoms. The minimum absolute atomic E-state index is 0.326. The maximum atomic E-state index is 5.56. The fraction of sp³-hybridized carbons (Fsp3) is 0.706. The summed E-state index contributed by atoms with van der Waals surface area (Å²) in [7, 11) is 1.81. The van der Waals surface area contributed by atoms with Crippen molar-refractivity contribution in [1.29, 1.82) is 0 Å². The Bertz CT molecular complexity index is 473. The summed E-state index contributed by atoms with van der Waals surface area (Å²) >= 11 is 0. The Kier molecular flexibility index (Phi) is 5.59. The Morgan fingerprint density at radius 3 is 2.86 bits per heavy atom. The third-order valence-corrected chi connectivity index (χ3v) is 4.15. The SMILES string of the molecule is COC1CCCN(c2nc(C)cc(C)c2CNC(C)C)C1. The summed E-state index contributed by atoms with van der Waals surface area (Å²) in [6, 6.07) is 2.66. The number of piperidine rings is 1. The second-order valence-corrected chi connectivity index (χ2v) is 6.36. The molecule has 0 saturated carbocycles. The minimum Gasteiger partial charge on any atom is -0.380 e. The van der Waals surface area contributed by atoms with Gasteiger partial charge in [0.1, 0.15) is 5.82 Å². The molecule has 1 fully saturated rings. The molecule has 1 aliphatic rings. The summed E-state index contributed by atoms with van der Waals surface area (Å²) in [4.78, 5) is 7.23. The van der Waals surface area contributed by atoms with Crippen molar-refractivity contribution in [2.45, 2.75) is 59.2 Å². The monoisotopic (exact) mass is 291 g/mol. The molecule has 1 saturated heterocycles. The Labute approximate surface area is 128 Å². The molecule has 1 atom stereocenters. The van der Waals surface area contributed by atoms with Gasteiger partial charge < -0.3 is 15.0 Å². The molecule has 2 heterocycles. The molecular formula is C17H29N3O.